The van der Waals surface area contributed by atoms with E-state index in [2.05, 4.69) is 6.58 Å². The van der Waals surface area contributed by atoms with E-state index in [1.165, 1.54) is 32.1 Å². The first kappa shape index (κ1) is 11.3. The van der Waals surface area contributed by atoms with Gasteiger partial charge in [0.05, 0.1) is 0 Å². The molecule has 0 saturated heterocycles. The van der Waals surface area contributed by atoms with Crippen LogP contribution in [0.25, 0.3) is 0 Å². The van der Waals surface area contributed by atoms with Crippen LogP contribution in [0.5, 0.6) is 0 Å². The molecule has 80 valence electrons. The van der Waals surface area contributed by atoms with Crippen LogP contribution in [-0.2, 0) is 4.79 Å². The van der Waals surface area contributed by atoms with Crippen molar-refractivity contribution in [1.29, 1.82) is 0 Å². The third-order valence-corrected chi connectivity index (χ3v) is 3.13. The van der Waals surface area contributed by atoms with Crippen LogP contribution in [0.3, 0.4) is 0 Å². The first-order valence-corrected chi connectivity index (χ1v) is 5.55. The average molecular weight is 195 g/mol. The van der Waals surface area contributed by atoms with Crippen molar-refractivity contribution in [3.05, 3.63) is 12.7 Å². The predicted molar refractivity (Wildman–Crippen MR) is 54.5 cm³/mol. The van der Waals surface area contributed by atoms with Gasteiger partial charge in [-0.2, -0.15) is 0 Å². The zero-order chi connectivity index (χ0) is 10.4. The molecule has 14 heavy (non-hydrogen) atoms. The van der Waals surface area contributed by atoms with Crippen molar-refractivity contribution in [3.63, 3.8) is 0 Å². The smallest absolute Gasteiger partial charge is 0.0448 e. The Kier molecular flexibility index (Phi) is 4.71. The lowest BCUT2D eigenvalue weighted by Crippen LogP contribution is -2.32. The first-order valence-electron chi connectivity index (χ1n) is 5.55. The Balaban J connectivity index is 2.36. The summed E-state index contributed by atoms with van der Waals surface area (Å²) in [6.45, 7) is 3.58. The summed E-state index contributed by atoms with van der Waals surface area (Å²) in [5.41, 5.74) is 0. The van der Waals surface area contributed by atoms with Crippen molar-refractivity contribution in [1.82, 2.24) is 0 Å². The van der Waals surface area contributed by atoms with E-state index >= 15 is 0 Å². The molecule has 1 aliphatic rings. The van der Waals surface area contributed by atoms with E-state index in [0.29, 0.717) is 12.3 Å². The SMILES string of the molecule is C=CCC(CC1CCCCC1)C(=O)[O-]. The van der Waals surface area contributed by atoms with E-state index in [-0.39, 0.29) is 5.92 Å². The first-order chi connectivity index (χ1) is 6.74. The molecule has 0 N–H and O–H groups in total. The highest BCUT2D eigenvalue weighted by Gasteiger charge is 2.18. The fraction of sp³-hybridized carbons (Fsp3) is 0.750. The van der Waals surface area contributed by atoms with E-state index < -0.39 is 5.97 Å². The van der Waals surface area contributed by atoms with Crippen LogP contribution >= 0.6 is 0 Å². The summed E-state index contributed by atoms with van der Waals surface area (Å²) in [5, 5.41) is 10.8. The molecular formula is C12H19O2-. The number of carboxylic acids is 1. The molecule has 2 nitrogen and oxygen atoms in total. The van der Waals surface area contributed by atoms with E-state index in [1.54, 1.807) is 6.08 Å². The van der Waals surface area contributed by atoms with Gasteiger partial charge in [-0.3, -0.25) is 0 Å². The Morgan fingerprint density at radius 1 is 1.43 bits per heavy atom. The Bertz CT molecular complexity index is 192. The molecule has 0 bridgehead atoms. The van der Waals surface area contributed by atoms with Crippen molar-refractivity contribution < 1.29 is 9.90 Å². The largest absolute Gasteiger partial charge is 0.550 e. The normalized spacial score (nSPS) is 20.3. The van der Waals surface area contributed by atoms with Crippen molar-refractivity contribution in [3.8, 4) is 0 Å². The fourth-order valence-electron chi connectivity index (χ4n) is 2.32. The Morgan fingerprint density at radius 3 is 2.57 bits per heavy atom. The van der Waals surface area contributed by atoms with Crippen LogP contribution in [0, 0.1) is 11.8 Å². The molecule has 0 aromatic rings. The molecule has 1 atom stereocenters. The minimum atomic E-state index is -0.907. The lowest BCUT2D eigenvalue weighted by atomic mass is 9.82. The van der Waals surface area contributed by atoms with Crippen molar-refractivity contribution in [2.75, 3.05) is 0 Å². The predicted octanol–water partition coefficient (Wildman–Crippen LogP) is 1.90. The highest BCUT2D eigenvalue weighted by atomic mass is 16.4. The molecule has 1 saturated carbocycles. The van der Waals surface area contributed by atoms with Gasteiger partial charge in [-0.1, -0.05) is 38.2 Å². The summed E-state index contributed by atoms with van der Waals surface area (Å²) in [4.78, 5) is 10.8. The van der Waals surface area contributed by atoms with Gasteiger partial charge >= 0.3 is 0 Å². The fourth-order valence-corrected chi connectivity index (χ4v) is 2.32. The second-order valence-corrected chi connectivity index (χ2v) is 4.28. The van der Waals surface area contributed by atoms with Gasteiger partial charge in [-0.05, 0) is 18.8 Å². The minimum Gasteiger partial charge on any atom is -0.550 e. The Morgan fingerprint density at radius 2 is 2.07 bits per heavy atom. The number of rotatable bonds is 5. The molecule has 1 fully saturated rings. The van der Waals surface area contributed by atoms with Gasteiger partial charge in [0.2, 0.25) is 0 Å². The molecular weight excluding hydrogens is 176 g/mol. The highest BCUT2D eigenvalue weighted by molar-refractivity contribution is 5.67. The topological polar surface area (TPSA) is 40.1 Å². The quantitative estimate of drug-likeness (QED) is 0.628. The molecule has 0 spiro atoms. The maximum absolute atomic E-state index is 10.8. The maximum atomic E-state index is 10.8. The van der Waals surface area contributed by atoms with Crippen LogP contribution < -0.4 is 5.11 Å². The van der Waals surface area contributed by atoms with Crippen molar-refractivity contribution >= 4 is 5.97 Å². The summed E-state index contributed by atoms with van der Waals surface area (Å²) in [6, 6.07) is 0. The number of hydrogen-bond acceptors (Lipinski definition) is 2. The Hall–Kier alpha value is -0.790. The van der Waals surface area contributed by atoms with Gasteiger partial charge in [-0.25, -0.2) is 0 Å². The monoisotopic (exact) mass is 195 g/mol. The standard InChI is InChI=1S/C12H20O2/c1-2-6-11(12(13)14)9-10-7-4-3-5-8-10/h2,10-11H,1,3-9H2,(H,13,14)/p-1. The van der Waals surface area contributed by atoms with Gasteiger partial charge in [0, 0.05) is 11.9 Å². The average Bonchev–Trinajstić information content (AvgIpc) is 2.18. The number of hydrogen-bond donors (Lipinski definition) is 0. The number of allylic oxidation sites excluding steroid dienone is 1. The number of carbonyl (C=O) groups excluding carboxylic acids is 1. The zero-order valence-electron chi connectivity index (χ0n) is 8.71. The zero-order valence-corrected chi connectivity index (χ0v) is 8.71. The minimum absolute atomic E-state index is 0.310. The maximum Gasteiger partial charge on any atom is 0.0448 e. The van der Waals surface area contributed by atoms with Gasteiger partial charge in [0.15, 0.2) is 0 Å². The summed E-state index contributed by atoms with van der Waals surface area (Å²) in [5.74, 6) is -0.613. The molecule has 1 rings (SSSR count). The molecule has 0 aromatic carbocycles. The Labute approximate surface area is 86.0 Å². The van der Waals surface area contributed by atoms with Gasteiger partial charge in [0.25, 0.3) is 0 Å². The summed E-state index contributed by atoms with van der Waals surface area (Å²) >= 11 is 0. The van der Waals surface area contributed by atoms with E-state index in [9.17, 15) is 9.90 Å². The highest BCUT2D eigenvalue weighted by Crippen LogP contribution is 2.29. The van der Waals surface area contributed by atoms with Crippen LogP contribution in [0.1, 0.15) is 44.9 Å². The summed E-state index contributed by atoms with van der Waals surface area (Å²) in [7, 11) is 0. The van der Waals surface area contributed by atoms with Crippen molar-refractivity contribution in [2.45, 2.75) is 44.9 Å². The third kappa shape index (κ3) is 3.52. The van der Waals surface area contributed by atoms with Gasteiger partial charge < -0.3 is 9.90 Å². The van der Waals surface area contributed by atoms with E-state index in [1.807, 2.05) is 0 Å². The molecule has 2 heteroatoms. The van der Waals surface area contributed by atoms with E-state index in [4.69, 9.17) is 0 Å². The lowest BCUT2D eigenvalue weighted by molar-refractivity contribution is -0.312. The molecule has 1 aliphatic carbocycles. The van der Waals surface area contributed by atoms with Crippen LogP contribution in [0.2, 0.25) is 0 Å². The van der Waals surface area contributed by atoms with Crippen molar-refractivity contribution in [2.24, 2.45) is 11.8 Å². The lowest BCUT2D eigenvalue weighted by Gasteiger charge is -2.26. The second kappa shape index (κ2) is 5.84. The van der Waals surface area contributed by atoms with Crippen LogP contribution in [0.15, 0.2) is 12.7 Å². The number of aliphatic carboxylic acids is 1. The molecule has 0 radical (unpaired) electrons. The molecule has 0 heterocycles. The molecule has 0 aliphatic heterocycles. The van der Waals surface area contributed by atoms with E-state index in [0.717, 1.165) is 6.42 Å². The summed E-state index contributed by atoms with van der Waals surface area (Å²) < 4.78 is 0. The summed E-state index contributed by atoms with van der Waals surface area (Å²) in [6.07, 6.45) is 9.25. The third-order valence-electron chi connectivity index (χ3n) is 3.13. The van der Waals surface area contributed by atoms with Crippen LogP contribution in [0.4, 0.5) is 0 Å². The second-order valence-electron chi connectivity index (χ2n) is 4.28. The molecule has 0 amide bonds. The number of carbonyl (C=O) groups is 1. The number of carboxylic acid groups (broad SMARTS) is 1. The van der Waals surface area contributed by atoms with Gasteiger partial charge in [-0.15, -0.1) is 6.58 Å². The van der Waals surface area contributed by atoms with Gasteiger partial charge in [0.1, 0.15) is 0 Å². The van der Waals surface area contributed by atoms with Crippen LogP contribution in [-0.4, -0.2) is 5.97 Å². The molecule has 1 unspecified atom stereocenters. The molecule has 0 aromatic heterocycles.